The smallest absolute Gasteiger partial charge is 0.126 e. The highest BCUT2D eigenvalue weighted by atomic mass is 79.9. The molecule has 0 bridgehead atoms. The Hall–Kier alpha value is -1.19. The highest BCUT2D eigenvalue weighted by Gasteiger charge is 2.26. The molecule has 0 aliphatic carbocycles. The fourth-order valence-electron chi connectivity index (χ4n) is 2.22. The summed E-state index contributed by atoms with van der Waals surface area (Å²) >= 11 is 3.37. The van der Waals surface area contributed by atoms with Crippen molar-refractivity contribution < 1.29 is 4.39 Å². The van der Waals surface area contributed by atoms with Crippen LogP contribution in [0.4, 0.5) is 4.39 Å². The van der Waals surface area contributed by atoms with Crippen molar-refractivity contribution in [1.29, 1.82) is 0 Å². The molecule has 2 rings (SSSR count). The van der Waals surface area contributed by atoms with Crippen LogP contribution in [0.1, 0.15) is 24.5 Å². The highest BCUT2D eigenvalue weighted by Crippen LogP contribution is 2.28. The minimum absolute atomic E-state index is 0.206. The second kappa shape index (κ2) is 5.85. The number of hydrogen-bond donors (Lipinski definition) is 1. The molecule has 2 aromatic rings. The van der Waals surface area contributed by atoms with E-state index in [2.05, 4.69) is 15.9 Å². The lowest BCUT2D eigenvalue weighted by Gasteiger charge is -2.29. The first-order valence-electron chi connectivity index (χ1n) is 6.33. The molecule has 0 radical (unpaired) electrons. The van der Waals surface area contributed by atoms with Gasteiger partial charge in [-0.1, -0.05) is 53.2 Å². The maximum Gasteiger partial charge on any atom is 0.126 e. The molecular weight excluding hydrogens is 305 g/mol. The minimum atomic E-state index is -0.539. The van der Waals surface area contributed by atoms with Gasteiger partial charge in [-0.2, -0.15) is 0 Å². The third-order valence-electron chi connectivity index (χ3n) is 3.49. The van der Waals surface area contributed by atoms with Crippen molar-refractivity contribution in [3.63, 3.8) is 0 Å². The molecule has 0 amide bonds. The van der Waals surface area contributed by atoms with E-state index < -0.39 is 5.54 Å². The van der Waals surface area contributed by atoms with Crippen molar-refractivity contribution in [2.24, 2.45) is 5.73 Å². The molecule has 0 aliphatic rings. The number of benzene rings is 2. The van der Waals surface area contributed by atoms with Crippen LogP contribution in [0, 0.1) is 5.82 Å². The first kappa shape index (κ1) is 14.2. The van der Waals surface area contributed by atoms with Crippen LogP contribution < -0.4 is 5.73 Å². The van der Waals surface area contributed by atoms with Crippen LogP contribution >= 0.6 is 15.9 Å². The first-order chi connectivity index (χ1) is 9.05. The molecule has 0 saturated carbocycles. The van der Waals surface area contributed by atoms with Gasteiger partial charge < -0.3 is 5.73 Å². The van der Waals surface area contributed by atoms with E-state index in [1.165, 1.54) is 6.07 Å². The largest absolute Gasteiger partial charge is 0.321 e. The zero-order valence-corrected chi connectivity index (χ0v) is 12.5. The van der Waals surface area contributed by atoms with Crippen LogP contribution in [0.15, 0.2) is 53.0 Å². The van der Waals surface area contributed by atoms with Gasteiger partial charge in [0, 0.05) is 10.0 Å². The fraction of sp³-hybridized carbons (Fsp3) is 0.250. The van der Waals surface area contributed by atoms with Crippen LogP contribution in [-0.2, 0) is 12.0 Å². The Labute approximate surface area is 121 Å². The Bertz CT molecular complexity index is 556. The van der Waals surface area contributed by atoms with Crippen molar-refractivity contribution in [3.8, 4) is 0 Å². The van der Waals surface area contributed by atoms with Crippen molar-refractivity contribution in [2.75, 3.05) is 0 Å². The summed E-state index contributed by atoms with van der Waals surface area (Å²) in [5.74, 6) is -0.206. The molecule has 0 spiro atoms. The Kier molecular flexibility index (Phi) is 4.38. The predicted octanol–water partition coefficient (Wildman–Crippen LogP) is 4.39. The van der Waals surface area contributed by atoms with Crippen LogP contribution in [0.5, 0.6) is 0 Å². The van der Waals surface area contributed by atoms with Crippen molar-refractivity contribution in [3.05, 3.63) is 69.9 Å². The zero-order chi connectivity index (χ0) is 13.9. The highest BCUT2D eigenvalue weighted by molar-refractivity contribution is 9.10. The zero-order valence-electron chi connectivity index (χ0n) is 10.9. The number of hydrogen-bond acceptors (Lipinski definition) is 1. The van der Waals surface area contributed by atoms with Gasteiger partial charge in [-0.3, -0.25) is 0 Å². The topological polar surface area (TPSA) is 26.0 Å². The summed E-state index contributed by atoms with van der Waals surface area (Å²) in [6, 6.07) is 14.9. The Morgan fingerprint density at radius 2 is 1.84 bits per heavy atom. The normalized spacial score (nSPS) is 14.1. The third-order valence-corrected chi connectivity index (χ3v) is 3.99. The minimum Gasteiger partial charge on any atom is -0.321 e. The van der Waals surface area contributed by atoms with E-state index in [0.29, 0.717) is 12.0 Å². The van der Waals surface area contributed by atoms with Gasteiger partial charge in [0.15, 0.2) is 0 Å². The quantitative estimate of drug-likeness (QED) is 0.887. The van der Waals surface area contributed by atoms with E-state index in [4.69, 9.17) is 5.73 Å². The molecule has 2 N–H and O–H groups in total. The molecule has 3 heteroatoms. The van der Waals surface area contributed by atoms with E-state index in [0.717, 1.165) is 16.5 Å². The summed E-state index contributed by atoms with van der Waals surface area (Å²) in [6.45, 7) is 2.03. The lowest BCUT2D eigenvalue weighted by molar-refractivity contribution is 0.416. The molecular formula is C16H17BrFN. The van der Waals surface area contributed by atoms with Gasteiger partial charge in [0.25, 0.3) is 0 Å². The van der Waals surface area contributed by atoms with Crippen LogP contribution in [0.25, 0.3) is 0 Å². The molecule has 0 aliphatic heterocycles. The number of nitrogens with two attached hydrogens (primary N) is 1. The van der Waals surface area contributed by atoms with Gasteiger partial charge in [-0.15, -0.1) is 0 Å². The van der Waals surface area contributed by atoms with Gasteiger partial charge in [-0.25, -0.2) is 4.39 Å². The average Bonchev–Trinajstić information content (AvgIpc) is 2.44. The lowest BCUT2D eigenvalue weighted by Crippen LogP contribution is -2.38. The fourth-order valence-corrected chi connectivity index (χ4v) is 2.63. The van der Waals surface area contributed by atoms with Crippen LogP contribution in [0.2, 0.25) is 0 Å². The Morgan fingerprint density at radius 1 is 1.16 bits per heavy atom. The lowest BCUT2D eigenvalue weighted by atomic mass is 9.82. The SMILES string of the molecule is CCC(N)(Cc1cc(Br)ccc1F)c1ccccc1. The maximum atomic E-state index is 13.9. The summed E-state index contributed by atoms with van der Waals surface area (Å²) in [7, 11) is 0. The summed E-state index contributed by atoms with van der Waals surface area (Å²) in [4.78, 5) is 0. The summed E-state index contributed by atoms with van der Waals surface area (Å²) < 4.78 is 14.7. The predicted molar refractivity (Wildman–Crippen MR) is 80.4 cm³/mol. The summed E-state index contributed by atoms with van der Waals surface area (Å²) in [5.41, 5.74) is 7.63. The number of rotatable bonds is 4. The van der Waals surface area contributed by atoms with E-state index in [1.54, 1.807) is 12.1 Å². The molecule has 0 heterocycles. The Morgan fingerprint density at radius 3 is 2.47 bits per heavy atom. The van der Waals surface area contributed by atoms with Crippen molar-refractivity contribution in [2.45, 2.75) is 25.3 Å². The van der Waals surface area contributed by atoms with E-state index in [9.17, 15) is 4.39 Å². The average molecular weight is 322 g/mol. The van der Waals surface area contributed by atoms with Crippen LogP contribution in [-0.4, -0.2) is 0 Å². The molecule has 1 nitrogen and oxygen atoms in total. The van der Waals surface area contributed by atoms with Gasteiger partial charge in [0.1, 0.15) is 5.82 Å². The van der Waals surface area contributed by atoms with Crippen molar-refractivity contribution in [1.82, 2.24) is 0 Å². The second-order valence-corrected chi connectivity index (χ2v) is 5.70. The van der Waals surface area contributed by atoms with E-state index in [-0.39, 0.29) is 5.82 Å². The molecule has 0 aromatic heterocycles. The standard InChI is InChI=1S/C16H17BrFN/c1-2-16(19,13-6-4-3-5-7-13)11-12-10-14(17)8-9-15(12)18/h3-10H,2,11,19H2,1H3. The Balaban J connectivity index is 2.36. The van der Waals surface area contributed by atoms with Gasteiger partial charge >= 0.3 is 0 Å². The molecule has 100 valence electrons. The van der Waals surface area contributed by atoms with E-state index >= 15 is 0 Å². The van der Waals surface area contributed by atoms with Gasteiger partial charge in [0.2, 0.25) is 0 Å². The monoisotopic (exact) mass is 321 g/mol. The van der Waals surface area contributed by atoms with Gasteiger partial charge in [-0.05, 0) is 42.2 Å². The van der Waals surface area contributed by atoms with Crippen molar-refractivity contribution >= 4 is 15.9 Å². The molecule has 1 atom stereocenters. The maximum absolute atomic E-state index is 13.9. The molecule has 0 fully saturated rings. The number of halogens is 2. The second-order valence-electron chi connectivity index (χ2n) is 4.79. The molecule has 19 heavy (non-hydrogen) atoms. The molecule has 1 unspecified atom stereocenters. The summed E-state index contributed by atoms with van der Waals surface area (Å²) in [6.07, 6.45) is 1.24. The summed E-state index contributed by atoms with van der Waals surface area (Å²) in [5, 5.41) is 0. The molecule has 2 aromatic carbocycles. The van der Waals surface area contributed by atoms with E-state index in [1.807, 2.05) is 37.3 Å². The third kappa shape index (κ3) is 3.23. The van der Waals surface area contributed by atoms with Gasteiger partial charge in [0.05, 0.1) is 0 Å². The first-order valence-corrected chi connectivity index (χ1v) is 7.13. The molecule has 0 saturated heterocycles. The van der Waals surface area contributed by atoms with Crippen LogP contribution in [0.3, 0.4) is 0 Å².